The van der Waals surface area contributed by atoms with Crippen LogP contribution in [0.25, 0.3) is 0 Å². The van der Waals surface area contributed by atoms with E-state index in [0.29, 0.717) is 44.8 Å². The molecule has 5 nitrogen and oxygen atoms in total. The Morgan fingerprint density at radius 2 is 1.92 bits per heavy atom. The van der Waals surface area contributed by atoms with Crippen LogP contribution in [-0.4, -0.2) is 63.1 Å². The maximum atomic E-state index is 12.9. The molecule has 2 aliphatic heterocycles. The van der Waals surface area contributed by atoms with Gasteiger partial charge in [-0.2, -0.15) is 17.5 Å². The second-order valence-electron chi connectivity index (χ2n) is 6.34. The van der Waals surface area contributed by atoms with E-state index in [4.69, 9.17) is 4.74 Å². The Morgan fingerprint density at radius 1 is 1.12 bits per heavy atom. The van der Waals surface area contributed by atoms with E-state index in [2.05, 4.69) is 4.90 Å². The van der Waals surface area contributed by atoms with Crippen molar-refractivity contribution in [2.75, 3.05) is 39.4 Å². The van der Waals surface area contributed by atoms with Gasteiger partial charge in [-0.3, -0.25) is 4.90 Å². The second kappa shape index (κ2) is 7.22. The fraction of sp³-hybridized carbons (Fsp3) is 0.625. The predicted molar refractivity (Wildman–Crippen MR) is 85.6 cm³/mol. The van der Waals surface area contributed by atoms with Crippen molar-refractivity contribution in [2.45, 2.75) is 30.0 Å². The van der Waals surface area contributed by atoms with Crippen LogP contribution < -0.4 is 0 Å². The molecule has 25 heavy (non-hydrogen) atoms. The molecule has 1 aromatic carbocycles. The van der Waals surface area contributed by atoms with Crippen LogP contribution in [0.2, 0.25) is 0 Å². The molecule has 1 aromatic rings. The molecule has 0 bridgehead atoms. The minimum Gasteiger partial charge on any atom is -0.380 e. The SMILES string of the molecule is O=S(=O)(c1cccc(C(F)(F)F)c1)N1CCCN(C2CCOC2)CC1. The number of nitrogens with zero attached hydrogens (tertiary/aromatic N) is 2. The van der Waals surface area contributed by atoms with Crippen molar-refractivity contribution in [3.63, 3.8) is 0 Å². The van der Waals surface area contributed by atoms with E-state index < -0.39 is 21.8 Å². The molecule has 0 saturated carbocycles. The largest absolute Gasteiger partial charge is 0.416 e. The van der Waals surface area contributed by atoms with Crippen LogP contribution in [0, 0.1) is 0 Å². The van der Waals surface area contributed by atoms with Crippen molar-refractivity contribution in [2.24, 2.45) is 0 Å². The van der Waals surface area contributed by atoms with Gasteiger partial charge in [-0.1, -0.05) is 6.07 Å². The summed E-state index contributed by atoms with van der Waals surface area (Å²) in [6.07, 6.45) is -2.99. The first-order valence-corrected chi connectivity index (χ1v) is 9.72. The number of hydrogen-bond acceptors (Lipinski definition) is 4. The van der Waals surface area contributed by atoms with Gasteiger partial charge < -0.3 is 4.74 Å². The van der Waals surface area contributed by atoms with Gasteiger partial charge in [0.1, 0.15) is 0 Å². The van der Waals surface area contributed by atoms with Crippen molar-refractivity contribution in [3.05, 3.63) is 29.8 Å². The lowest BCUT2D eigenvalue weighted by atomic mass is 10.2. The number of alkyl halides is 3. The Hall–Kier alpha value is -1.16. The van der Waals surface area contributed by atoms with E-state index in [-0.39, 0.29) is 11.4 Å². The molecular weight excluding hydrogens is 357 g/mol. The molecule has 1 atom stereocenters. The third-order valence-electron chi connectivity index (χ3n) is 4.71. The Kier molecular flexibility index (Phi) is 5.38. The van der Waals surface area contributed by atoms with Gasteiger partial charge in [0.05, 0.1) is 17.1 Å². The molecule has 3 rings (SSSR count). The van der Waals surface area contributed by atoms with Gasteiger partial charge in [-0.25, -0.2) is 8.42 Å². The molecule has 0 aliphatic carbocycles. The van der Waals surface area contributed by atoms with Crippen LogP contribution in [0.4, 0.5) is 13.2 Å². The van der Waals surface area contributed by atoms with Gasteiger partial charge in [0, 0.05) is 32.3 Å². The van der Waals surface area contributed by atoms with Gasteiger partial charge >= 0.3 is 6.18 Å². The summed E-state index contributed by atoms with van der Waals surface area (Å²) in [4.78, 5) is 1.91. The Labute approximate surface area is 145 Å². The summed E-state index contributed by atoms with van der Waals surface area (Å²) >= 11 is 0. The van der Waals surface area contributed by atoms with E-state index in [1.807, 2.05) is 0 Å². The molecule has 2 fully saturated rings. The van der Waals surface area contributed by atoms with Gasteiger partial charge in [0.2, 0.25) is 10.0 Å². The summed E-state index contributed by atoms with van der Waals surface area (Å²) in [6.45, 7) is 3.28. The lowest BCUT2D eigenvalue weighted by molar-refractivity contribution is -0.137. The minimum absolute atomic E-state index is 0.273. The summed E-state index contributed by atoms with van der Waals surface area (Å²) in [7, 11) is -3.94. The Bertz CT molecular complexity index is 703. The first-order chi connectivity index (χ1) is 11.8. The van der Waals surface area contributed by atoms with Crippen LogP contribution in [0.1, 0.15) is 18.4 Å². The highest BCUT2D eigenvalue weighted by Crippen LogP contribution is 2.31. The van der Waals surface area contributed by atoms with Crippen LogP contribution in [0.15, 0.2) is 29.2 Å². The Morgan fingerprint density at radius 3 is 2.60 bits per heavy atom. The molecule has 0 N–H and O–H groups in total. The molecule has 9 heteroatoms. The van der Waals surface area contributed by atoms with Gasteiger partial charge in [-0.15, -0.1) is 0 Å². The smallest absolute Gasteiger partial charge is 0.380 e. The number of hydrogen-bond donors (Lipinski definition) is 0. The van der Waals surface area contributed by atoms with Crippen LogP contribution in [0.5, 0.6) is 0 Å². The number of rotatable bonds is 3. The molecule has 0 spiro atoms. The average Bonchev–Trinajstić information content (AvgIpc) is 2.98. The van der Waals surface area contributed by atoms with Gasteiger partial charge in [-0.05, 0) is 37.6 Å². The molecule has 140 valence electrons. The molecule has 0 aromatic heterocycles. The monoisotopic (exact) mass is 378 g/mol. The summed E-state index contributed by atoms with van der Waals surface area (Å²) < 4.78 is 70.8. The third kappa shape index (κ3) is 4.16. The maximum Gasteiger partial charge on any atom is 0.416 e. The standard InChI is InChI=1S/C16H21F3N2O3S/c17-16(18,19)13-3-1-4-15(11-13)25(22,23)21-7-2-6-20(8-9-21)14-5-10-24-12-14/h1,3-4,11,14H,2,5-10,12H2. The van der Waals surface area contributed by atoms with Gasteiger partial charge in [0.15, 0.2) is 0 Å². The van der Waals surface area contributed by atoms with E-state index in [0.717, 1.165) is 25.1 Å². The molecular formula is C16H21F3N2O3S. The van der Waals surface area contributed by atoms with Crippen molar-refractivity contribution in [1.29, 1.82) is 0 Å². The topological polar surface area (TPSA) is 49.9 Å². The zero-order valence-corrected chi connectivity index (χ0v) is 14.5. The second-order valence-corrected chi connectivity index (χ2v) is 8.27. The molecule has 0 radical (unpaired) electrons. The lowest BCUT2D eigenvalue weighted by Crippen LogP contribution is -2.39. The minimum atomic E-state index is -4.57. The zero-order valence-electron chi connectivity index (χ0n) is 13.7. The first-order valence-electron chi connectivity index (χ1n) is 8.28. The average molecular weight is 378 g/mol. The predicted octanol–water partition coefficient (Wildman–Crippen LogP) is 2.19. The normalized spacial score (nSPS) is 24.4. The van der Waals surface area contributed by atoms with E-state index >= 15 is 0 Å². The van der Waals surface area contributed by atoms with E-state index in [9.17, 15) is 21.6 Å². The molecule has 2 saturated heterocycles. The number of halogens is 3. The third-order valence-corrected chi connectivity index (χ3v) is 6.61. The van der Waals surface area contributed by atoms with Crippen molar-refractivity contribution < 1.29 is 26.3 Å². The fourth-order valence-electron chi connectivity index (χ4n) is 3.31. The summed E-state index contributed by atoms with van der Waals surface area (Å²) in [5.41, 5.74) is -0.951. The van der Waals surface area contributed by atoms with Crippen molar-refractivity contribution in [1.82, 2.24) is 9.21 Å². The highest BCUT2D eigenvalue weighted by molar-refractivity contribution is 7.89. The molecule has 0 amide bonds. The maximum absolute atomic E-state index is 12.9. The molecule has 1 unspecified atom stereocenters. The van der Waals surface area contributed by atoms with Crippen LogP contribution >= 0.6 is 0 Å². The lowest BCUT2D eigenvalue weighted by Gasteiger charge is -2.26. The van der Waals surface area contributed by atoms with E-state index in [1.165, 1.54) is 10.4 Å². The highest BCUT2D eigenvalue weighted by atomic mass is 32.2. The number of benzene rings is 1. The molecule has 2 aliphatic rings. The van der Waals surface area contributed by atoms with E-state index in [1.54, 1.807) is 0 Å². The van der Waals surface area contributed by atoms with Gasteiger partial charge in [0.25, 0.3) is 0 Å². The van der Waals surface area contributed by atoms with Crippen LogP contribution in [-0.2, 0) is 20.9 Å². The highest BCUT2D eigenvalue weighted by Gasteiger charge is 2.34. The first kappa shape index (κ1) is 18.6. The number of ether oxygens (including phenoxy) is 1. The molecule has 2 heterocycles. The zero-order chi connectivity index (χ0) is 18.1. The quantitative estimate of drug-likeness (QED) is 0.809. The summed E-state index contributed by atoms with van der Waals surface area (Å²) in [5.74, 6) is 0. The fourth-order valence-corrected chi connectivity index (χ4v) is 4.83. The number of sulfonamides is 1. The Balaban J connectivity index is 1.76. The summed E-state index contributed by atoms with van der Waals surface area (Å²) in [6, 6.07) is 4.25. The summed E-state index contributed by atoms with van der Waals surface area (Å²) in [5, 5.41) is 0. The van der Waals surface area contributed by atoms with Crippen molar-refractivity contribution >= 4 is 10.0 Å². The van der Waals surface area contributed by atoms with Crippen molar-refractivity contribution in [3.8, 4) is 0 Å². The van der Waals surface area contributed by atoms with Crippen LogP contribution in [0.3, 0.4) is 0 Å².